The lowest BCUT2D eigenvalue weighted by atomic mass is 10.1. The number of amides is 1. The van der Waals surface area contributed by atoms with E-state index in [-0.39, 0.29) is 17.4 Å². The number of halogens is 3. The van der Waals surface area contributed by atoms with Crippen LogP contribution >= 0.6 is 27.5 Å². The second-order valence-corrected chi connectivity index (χ2v) is 5.91. The third kappa shape index (κ3) is 4.36. The van der Waals surface area contributed by atoms with Crippen molar-refractivity contribution in [3.63, 3.8) is 0 Å². The number of rotatable bonds is 5. The molecule has 0 atom stereocenters. The van der Waals surface area contributed by atoms with E-state index in [1.54, 1.807) is 12.1 Å². The zero-order chi connectivity index (χ0) is 17.0. The number of carbonyl (C=O) groups excluding carboxylic acids is 1. The Morgan fingerprint density at radius 1 is 1.22 bits per heavy atom. The van der Waals surface area contributed by atoms with Gasteiger partial charge in [-0.15, -0.1) is 0 Å². The molecule has 2 aromatic rings. The Morgan fingerprint density at radius 3 is 2.48 bits per heavy atom. The van der Waals surface area contributed by atoms with Crippen molar-refractivity contribution in [1.82, 2.24) is 0 Å². The Hall–Kier alpha value is -1.79. The van der Waals surface area contributed by atoms with E-state index in [0.717, 1.165) is 10.0 Å². The van der Waals surface area contributed by atoms with Crippen molar-refractivity contribution in [3.05, 3.63) is 51.2 Å². The zero-order valence-corrected chi connectivity index (χ0v) is 14.8. The Morgan fingerprint density at radius 2 is 1.87 bits per heavy atom. The van der Waals surface area contributed by atoms with Crippen molar-refractivity contribution < 1.29 is 18.7 Å². The first-order chi connectivity index (χ1) is 10.9. The summed E-state index contributed by atoms with van der Waals surface area (Å²) in [5.74, 6) is 0.296. The van der Waals surface area contributed by atoms with E-state index in [1.807, 2.05) is 0 Å². The van der Waals surface area contributed by atoms with Crippen molar-refractivity contribution in [2.75, 3.05) is 19.5 Å². The molecule has 1 amide bonds. The van der Waals surface area contributed by atoms with Crippen LogP contribution in [0, 0.1) is 5.82 Å². The average molecular weight is 403 g/mol. The lowest BCUT2D eigenvalue weighted by Crippen LogP contribution is -2.15. The number of methoxy groups -OCH3 is 2. The summed E-state index contributed by atoms with van der Waals surface area (Å²) in [6.07, 6.45) is 0.107. The van der Waals surface area contributed by atoms with Crippen molar-refractivity contribution in [2.45, 2.75) is 6.42 Å². The highest BCUT2D eigenvalue weighted by molar-refractivity contribution is 9.10. The van der Waals surface area contributed by atoms with Gasteiger partial charge < -0.3 is 14.8 Å². The Labute approximate surface area is 146 Å². The third-order valence-electron chi connectivity index (χ3n) is 3.11. The second-order valence-electron chi connectivity index (χ2n) is 4.65. The van der Waals surface area contributed by atoms with Crippen LogP contribution < -0.4 is 14.8 Å². The Bertz CT molecular complexity index is 740. The summed E-state index contributed by atoms with van der Waals surface area (Å²) in [5, 5.41) is 2.62. The summed E-state index contributed by atoms with van der Waals surface area (Å²) in [6.45, 7) is 0. The molecule has 0 heterocycles. The first-order valence-electron chi connectivity index (χ1n) is 6.60. The molecule has 0 unspecified atom stereocenters. The topological polar surface area (TPSA) is 47.6 Å². The van der Waals surface area contributed by atoms with E-state index < -0.39 is 5.82 Å². The quantitative estimate of drug-likeness (QED) is 0.804. The first-order valence-corrected chi connectivity index (χ1v) is 7.77. The molecule has 2 rings (SSSR count). The van der Waals surface area contributed by atoms with Gasteiger partial charge in [0.15, 0.2) is 11.5 Å². The van der Waals surface area contributed by atoms with Crippen LogP contribution in [0.1, 0.15) is 5.56 Å². The van der Waals surface area contributed by atoms with Crippen molar-refractivity contribution in [2.24, 2.45) is 0 Å². The number of hydrogen-bond donors (Lipinski definition) is 1. The molecule has 4 nitrogen and oxygen atoms in total. The third-order valence-corrected chi connectivity index (χ3v) is 4.13. The summed E-state index contributed by atoms with van der Waals surface area (Å²) < 4.78 is 24.3. The predicted molar refractivity (Wildman–Crippen MR) is 91.0 cm³/mol. The summed E-state index contributed by atoms with van der Waals surface area (Å²) in [6, 6.07) is 7.46. The summed E-state index contributed by atoms with van der Waals surface area (Å²) >= 11 is 9.09. The molecule has 0 aliphatic rings. The van der Waals surface area contributed by atoms with Crippen LogP contribution in [0.25, 0.3) is 0 Å². The van der Waals surface area contributed by atoms with Gasteiger partial charge >= 0.3 is 0 Å². The monoisotopic (exact) mass is 401 g/mol. The van der Waals surface area contributed by atoms with Crippen molar-refractivity contribution in [3.8, 4) is 11.5 Å². The lowest BCUT2D eigenvalue weighted by Gasteiger charge is -2.12. The standard InChI is InChI=1S/C16H14BrClFNO3/c1-22-14-5-9(11(17)8-15(14)23-2)6-16(21)20-10-3-4-13(19)12(18)7-10/h3-5,7-8H,6H2,1-2H3,(H,20,21). The molecule has 0 aliphatic carbocycles. The summed E-state index contributed by atoms with van der Waals surface area (Å²) in [7, 11) is 3.06. The summed E-state index contributed by atoms with van der Waals surface area (Å²) in [4.78, 5) is 12.1. The zero-order valence-electron chi connectivity index (χ0n) is 12.5. The lowest BCUT2D eigenvalue weighted by molar-refractivity contribution is -0.115. The van der Waals surface area contributed by atoms with Crippen LogP contribution in [0.4, 0.5) is 10.1 Å². The van der Waals surface area contributed by atoms with Crippen LogP contribution in [-0.2, 0) is 11.2 Å². The van der Waals surface area contributed by atoms with Gasteiger partial charge in [0.25, 0.3) is 0 Å². The molecule has 0 spiro atoms. The number of nitrogens with one attached hydrogen (secondary N) is 1. The van der Waals surface area contributed by atoms with Gasteiger partial charge in [0.1, 0.15) is 5.82 Å². The number of benzene rings is 2. The number of anilines is 1. The number of hydrogen-bond acceptors (Lipinski definition) is 3. The van der Waals surface area contributed by atoms with Gasteiger partial charge in [-0.1, -0.05) is 27.5 Å². The minimum atomic E-state index is -0.535. The fourth-order valence-electron chi connectivity index (χ4n) is 1.98. The van der Waals surface area contributed by atoms with Gasteiger partial charge in [0, 0.05) is 10.2 Å². The van der Waals surface area contributed by atoms with Crippen molar-refractivity contribution >= 4 is 39.1 Å². The Balaban J connectivity index is 2.15. The molecular formula is C16H14BrClFNO3. The van der Waals surface area contributed by atoms with Gasteiger partial charge in [-0.05, 0) is 35.9 Å². The molecule has 0 radical (unpaired) electrons. The van der Waals surface area contributed by atoms with E-state index >= 15 is 0 Å². The largest absolute Gasteiger partial charge is 0.493 e. The number of ether oxygens (including phenoxy) is 2. The highest BCUT2D eigenvalue weighted by Gasteiger charge is 2.13. The van der Waals surface area contributed by atoms with Crippen LogP contribution in [0.5, 0.6) is 11.5 Å². The van der Waals surface area contributed by atoms with E-state index in [1.165, 1.54) is 32.4 Å². The minimum Gasteiger partial charge on any atom is -0.493 e. The number of carbonyl (C=O) groups is 1. The molecule has 1 N–H and O–H groups in total. The van der Waals surface area contributed by atoms with E-state index in [4.69, 9.17) is 21.1 Å². The fourth-order valence-corrected chi connectivity index (χ4v) is 2.63. The second kappa shape index (κ2) is 7.66. The maximum Gasteiger partial charge on any atom is 0.228 e. The van der Waals surface area contributed by atoms with E-state index in [9.17, 15) is 9.18 Å². The fraction of sp³-hybridized carbons (Fsp3) is 0.188. The van der Waals surface area contributed by atoms with E-state index in [0.29, 0.717) is 17.2 Å². The molecule has 0 saturated heterocycles. The maximum atomic E-state index is 13.1. The van der Waals surface area contributed by atoms with Gasteiger partial charge in [-0.2, -0.15) is 0 Å². The molecule has 0 aromatic heterocycles. The van der Waals surface area contributed by atoms with Crippen LogP contribution in [0.3, 0.4) is 0 Å². The van der Waals surface area contributed by atoms with E-state index in [2.05, 4.69) is 21.2 Å². The SMILES string of the molecule is COc1cc(Br)c(CC(=O)Nc2ccc(F)c(Cl)c2)cc1OC. The molecule has 2 aromatic carbocycles. The molecule has 122 valence electrons. The molecular weight excluding hydrogens is 389 g/mol. The van der Waals surface area contributed by atoms with Gasteiger partial charge in [-0.3, -0.25) is 4.79 Å². The molecule has 23 heavy (non-hydrogen) atoms. The van der Waals surface area contributed by atoms with Gasteiger partial charge in [0.05, 0.1) is 25.7 Å². The smallest absolute Gasteiger partial charge is 0.228 e. The molecule has 0 bridgehead atoms. The summed E-state index contributed by atoms with van der Waals surface area (Å²) in [5.41, 5.74) is 1.16. The van der Waals surface area contributed by atoms with Crippen LogP contribution in [0.15, 0.2) is 34.8 Å². The van der Waals surface area contributed by atoms with Crippen molar-refractivity contribution in [1.29, 1.82) is 0 Å². The average Bonchev–Trinajstić information content (AvgIpc) is 2.52. The molecule has 0 aliphatic heterocycles. The molecule has 0 saturated carbocycles. The molecule has 0 fully saturated rings. The Kier molecular flexibility index (Phi) is 5.85. The van der Waals surface area contributed by atoms with Crippen LogP contribution in [0.2, 0.25) is 5.02 Å². The van der Waals surface area contributed by atoms with Gasteiger partial charge in [0.2, 0.25) is 5.91 Å². The normalized spacial score (nSPS) is 10.3. The van der Waals surface area contributed by atoms with Crippen LogP contribution in [-0.4, -0.2) is 20.1 Å². The predicted octanol–water partition coefficient (Wildman–Crippen LogP) is 4.44. The molecule has 7 heteroatoms. The minimum absolute atomic E-state index is 0.0462. The highest BCUT2D eigenvalue weighted by atomic mass is 79.9. The maximum absolute atomic E-state index is 13.1. The first kappa shape index (κ1) is 17.6. The highest BCUT2D eigenvalue weighted by Crippen LogP contribution is 2.33. The van der Waals surface area contributed by atoms with Gasteiger partial charge in [-0.25, -0.2) is 4.39 Å².